The summed E-state index contributed by atoms with van der Waals surface area (Å²) in [6.45, 7) is 2.70. The van der Waals surface area contributed by atoms with Gasteiger partial charge in [-0.15, -0.1) is 0 Å². The number of anilines is 1. The second-order valence-electron chi connectivity index (χ2n) is 3.90. The average molecular weight is 220 g/mol. The summed E-state index contributed by atoms with van der Waals surface area (Å²) in [5.41, 5.74) is 7.95. The third-order valence-corrected chi connectivity index (χ3v) is 2.67. The van der Waals surface area contributed by atoms with E-state index in [-0.39, 0.29) is 12.1 Å². The summed E-state index contributed by atoms with van der Waals surface area (Å²) in [4.78, 5) is 13.4. The Kier molecular flexibility index (Phi) is 3.10. The number of para-hydroxylation sites is 1. The van der Waals surface area contributed by atoms with Crippen LogP contribution in [0, 0.1) is 0 Å². The number of nitrogens with zero attached hydrogens (tertiary/aromatic N) is 1. The number of hydrogen-bond donors (Lipinski definition) is 1. The normalized spacial score (nSPS) is 19.1. The fourth-order valence-electron chi connectivity index (χ4n) is 2.00. The Morgan fingerprint density at radius 2 is 2.31 bits per heavy atom. The number of hydrogen-bond acceptors (Lipinski definition) is 3. The van der Waals surface area contributed by atoms with Gasteiger partial charge in [-0.3, -0.25) is 4.90 Å². The van der Waals surface area contributed by atoms with Crippen LogP contribution in [0.3, 0.4) is 0 Å². The lowest BCUT2D eigenvalue weighted by atomic mass is 9.99. The van der Waals surface area contributed by atoms with E-state index in [2.05, 4.69) is 0 Å². The van der Waals surface area contributed by atoms with Crippen LogP contribution in [0.4, 0.5) is 10.5 Å². The minimum absolute atomic E-state index is 0.0145. The number of carbonyl (C=O) groups is 1. The first-order valence-corrected chi connectivity index (χ1v) is 5.50. The highest BCUT2D eigenvalue weighted by atomic mass is 16.6. The standard InChI is InChI=1S/C12H16N2O2/c1-2-16-12(15)14-8-10(13)7-9-5-3-4-6-11(9)14/h3-6,10H,2,7-8,13H2,1H3. The number of carbonyl (C=O) groups excluding carboxylic acids is 1. The molecule has 0 saturated heterocycles. The lowest BCUT2D eigenvalue weighted by Crippen LogP contribution is -2.46. The first-order valence-electron chi connectivity index (χ1n) is 5.50. The molecular weight excluding hydrogens is 204 g/mol. The quantitative estimate of drug-likeness (QED) is 0.781. The molecule has 0 aromatic heterocycles. The molecule has 2 N–H and O–H groups in total. The molecule has 0 fully saturated rings. The van der Waals surface area contributed by atoms with Gasteiger partial charge in [0.05, 0.1) is 12.3 Å². The van der Waals surface area contributed by atoms with Crippen LogP contribution < -0.4 is 10.6 Å². The zero-order valence-corrected chi connectivity index (χ0v) is 9.35. The molecule has 0 aliphatic carbocycles. The van der Waals surface area contributed by atoms with E-state index in [0.29, 0.717) is 13.2 Å². The van der Waals surface area contributed by atoms with E-state index in [9.17, 15) is 4.79 Å². The average Bonchev–Trinajstić information content (AvgIpc) is 2.28. The van der Waals surface area contributed by atoms with Gasteiger partial charge in [0.2, 0.25) is 0 Å². The van der Waals surface area contributed by atoms with Crippen LogP contribution >= 0.6 is 0 Å². The largest absolute Gasteiger partial charge is 0.449 e. The Morgan fingerprint density at radius 3 is 3.06 bits per heavy atom. The van der Waals surface area contributed by atoms with Crippen molar-refractivity contribution in [2.75, 3.05) is 18.1 Å². The van der Waals surface area contributed by atoms with Gasteiger partial charge in [0, 0.05) is 12.6 Å². The molecule has 1 heterocycles. The molecule has 1 aromatic carbocycles. The third-order valence-electron chi connectivity index (χ3n) is 2.67. The monoisotopic (exact) mass is 220 g/mol. The minimum Gasteiger partial charge on any atom is -0.449 e. The highest BCUT2D eigenvalue weighted by Crippen LogP contribution is 2.26. The molecule has 2 rings (SSSR count). The Bertz CT molecular complexity index is 392. The Balaban J connectivity index is 2.30. The molecule has 1 amide bonds. The van der Waals surface area contributed by atoms with Crippen molar-refractivity contribution in [3.05, 3.63) is 29.8 Å². The van der Waals surface area contributed by atoms with Gasteiger partial charge in [-0.25, -0.2) is 4.79 Å². The second kappa shape index (κ2) is 4.53. The van der Waals surface area contributed by atoms with Crippen LogP contribution in [0.25, 0.3) is 0 Å². The maximum Gasteiger partial charge on any atom is 0.414 e. The van der Waals surface area contributed by atoms with Gasteiger partial charge >= 0.3 is 6.09 Å². The zero-order valence-electron chi connectivity index (χ0n) is 9.35. The molecule has 1 atom stereocenters. The summed E-state index contributed by atoms with van der Waals surface area (Å²) in [6, 6.07) is 7.79. The van der Waals surface area contributed by atoms with Crippen molar-refractivity contribution in [3.8, 4) is 0 Å². The van der Waals surface area contributed by atoms with Crippen molar-refractivity contribution in [1.29, 1.82) is 0 Å². The lowest BCUT2D eigenvalue weighted by Gasteiger charge is -2.32. The molecule has 1 aromatic rings. The fraction of sp³-hybridized carbons (Fsp3) is 0.417. The molecule has 0 bridgehead atoms. The molecule has 1 aliphatic heterocycles. The topological polar surface area (TPSA) is 55.6 Å². The molecule has 0 spiro atoms. The molecule has 1 unspecified atom stereocenters. The number of benzene rings is 1. The first-order chi connectivity index (χ1) is 7.72. The van der Waals surface area contributed by atoms with E-state index in [1.54, 1.807) is 11.8 Å². The van der Waals surface area contributed by atoms with Crippen molar-refractivity contribution in [2.24, 2.45) is 5.73 Å². The highest BCUT2D eigenvalue weighted by Gasteiger charge is 2.26. The molecule has 1 aliphatic rings. The van der Waals surface area contributed by atoms with E-state index in [0.717, 1.165) is 17.7 Å². The van der Waals surface area contributed by atoms with Crippen molar-refractivity contribution >= 4 is 11.8 Å². The Morgan fingerprint density at radius 1 is 1.56 bits per heavy atom. The fourth-order valence-corrected chi connectivity index (χ4v) is 2.00. The van der Waals surface area contributed by atoms with E-state index < -0.39 is 0 Å². The van der Waals surface area contributed by atoms with Crippen LogP contribution in [0.1, 0.15) is 12.5 Å². The zero-order chi connectivity index (χ0) is 11.5. The molecule has 0 saturated carbocycles. The van der Waals surface area contributed by atoms with Crippen LogP contribution in [-0.4, -0.2) is 25.3 Å². The van der Waals surface area contributed by atoms with E-state index in [4.69, 9.17) is 10.5 Å². The van der Waals surface area contributed by atoms with Gasteiger partial charge < -0.3 is 10.5 Å². The van der Waals surface area contributed by atoms with Gasteiger partial charge in [0.25, 0.3) is 0 Å². The summed E-state index contributed by atoms with van der Waals surface area (Å²) >= 11 is 0. The summed E-state index contributed by atoms with van der Waals surface area (Å²) in [7, 11) is 0. The summed E-state index contributed by atoms with van der Waals surface area (Å²) in [6.07, 6.45) is 0.497. The van der Waals surface area contributed by atoms with Gasteiger partial charge in [-0.1, -0.05) is 18.2 Å². The smallest absolute Gasteiger partial charge is 0.414 e. The van der Waals surface area contributed by atoms with E-state index in [1.165, 1.54) is 0 Å². The van der Waals surface area contributed by atoms with Crippen LogP contribution in [0.2, 0.25) is 0 Å². The summed E-state index contributed by atoms with van der Waals surface area (Å²) in [5.74, 6) is 0. The van der Waals surface area contributed by atoms with Gasteiger partial charge in [-0.2, -0.15) is 0 Å². The Hall–Kier alpha value is -1.55. The van der Waals surface area contributed by atoms with E-state index in [1.807, 2.05) is 24.3 Å². The van der Waals surface area contributed by atoms with Crippen LogP contribution in [-0.2, 0) is 11.2 Å². The SMILES string of the molecule is CCOC(=O)N1CC(N)Cc2ccccc21. The molecule has 0 radical (unpaired) electrons. The number of fused-ring (bicyclic) bond motifs is 1. The number of amides is 1. The highest BCUT2D eigenvalue weighted by molar-refractivity contribution is 5.89. The van der Waals surface area contributed by atoms with Crippen LogP contribution in [0.15, 0.2) is 24.3 Å². The molecular formula is C12H16N2O2. The second-order valence-corrected chi connectivity index (χ2v) is 3.90. The third kappa shape index (κ3) is 2.02. The predicted molar refractivity (Wildman–Crippen MR) is 62.5 cm³/mol. The van der Waals surface area contributed by atoms with E-state index >= 15 is 0 Å². The minimum atomic E-state index is -0.315. The summed E-state index contributed by atoms with van der Waals surface area (Å²) in [5, 5.41) is 0. The lowest BCUT2D eigenvalue weighted by molar-refractivity contribution is 0.159. The molecule has 4 heteroatoms. The maximum atomic E-state index is 11.8. The van der Waals surface area contributed by atoms with Crippen molar-refractivity contribution < 1.29 is 9.53 Å². The van der Waals surface area contributed by atoms with Crippen molar-refractivity contribution in [2.45, 2.75) is 19.4 Å². The number of rotatable bonds is 1. The number of ether oxygens (including phenoxy) is 1. The van der Waals surface area contributed by atoms with Crippen LogP contribution in [0.5, 0.6) is 0 Å². The van der Waals surface area contributed by atoms with Crippen molar-refractivity contribution in [3.63, 3.8) is 0 Å². The van der Waals surface area contributed by atoms with Gasteiger partial charge in [0.1, 0.15) is 0 Å². The van der Waals surface area contributed by atoms with Gasteiger partial charge in [-0.05, 0) is 25.0 Å². The predicted octanol–water partition coefficient (Wildman–Crippen LogP) is 1.53. The summed E-state index contributed by atoms with van der Waals surface area (Å²) < 4.78 is 5.02. The molecule has 86 valence electrons. The first kappa shape index (κ1) is 11.0. The van der Waals surface area contributed by atoms with Crippen molar-refractivity contribution in [1.82, 2.24) is 0 Å². The molecule has 16 heavy (non-hydrogen) atoms. The maximum absolute atomic E-state index is 11.8. The Labute approximate surface area is 95.0 Å². The molecule has 4 nitrogen and oxygen atoms in total. The number of nitrogens with two attached hydrogens (primary N) is 1. The van der Waals surface area contributed by atoms with Gasteiger partial charge in [0.15, 0.2) is 0 Å².